The molecule has 1 atom stereocenters. The van der Waals surface area contributed by atoms with E-state index in [1.807, 2.05) is 4.90 Å². The molecule has 1 amide bonds. The van der Waals surface area contributed by atoms with Gasteiger partial charge in [0, 0.05) is 19.1 Å². The average molecular weight is 279 g/mol. The number of rotatable bonds is 2. The largest absolute Gasteiger partial charge is 0.446 e. The molecule has 0 aromatic rings. The number of nitrogens with zero attached hydrogens (tertiary/aromatic N) is 1. The maximum absolute atomic E-state index is 12.3. The second-order valence-electron chi connectivity index (χ2n) is 7.38. The number of hydrogen-bond acceptors (Lipinski definition) is 4. The molecule has 4 saturated carbocycles. The molecule has 5 fully saturated rings. The van der Waals surface area contributed by atoms with Crippen molar-refractivity contribution >= 4 is 6.09 Å². The molecule has 3 N–H and O–H groups in total. The van der Waals surface area contributed by atoms with Crippen molar-refractivity contribution in [3.63, 3.8) is 0 Å². The Morgan fingerprint density at radius 3 is 2.30 bits per heavy atom. The Hall–Kier alpha value is -0.810. The first-order valence-electron chi connectivity index (χ1n) is 8.14. The lowest BCUT2D eigenvalue weighted by atomic mass is 9.55. The Balaban J connectivity index is 1.38. The number of nitrogens with one attached hydrogen (secondary N) is 1. The second kappa shape index (κ2) is 4.88. The van der Waals surface area contributed by atoms with Crippen molar-refractivity contribution in [2.45, 2.75) is 50.7 Å². The molecule has 5 nitrogen and oxygen atoms in total. The summed E-state index contributed by atoms with van der Waals surface area (Å²) < 4.78 is 5.92. The van der Waals surface area contributed by atoms with Crippen molar-refractivity contribution in [1.29, 1.82) is 0 Å². The Bertz CT molecular complexity index is 373. The van der Waals surface area contributed by atoms with Crippen molar-refractivity contribution in [1.82, 2.24) is 10.3 Å². The molecule has 1 saturated heterocycles. The summed E-state index contributed by atoms with van der Waals surface area (Å²) in [6, 6.07) is 0.223. The minimum absolute atomic E-state index is 0.111. The van der Waals surface area contributed by atoms with Crippen LogP contribution in [0.15, 0.2) is 0 Å². The quantitative estimate of drug-likeness (QED) is 0.593. The fourth-order valence-electron chi connectivity index (χ4n) is 5.32. The summed E-state index contributed by atoms with van der Waals surface area (Å²) in [5.74, 6) is 8.57. The van der Waals surface area contributed by atoms with E-state index < -0.39 is 0 Å². The lowest BCUT2D eigenvalue weighted by molar-refractivity contribution is -0.101. The molecule has 1 heterocycles. The van der Waals surface area contributed by atoms with Gasteiger partial charge in [-0.1, -0.05) is 0 Å². The lowest BCUT2D eigenvalue weighted by Gasteiger charge is -2.53. The zero-order valence-electron chi connectivity index (χ0n) is 12.0. The summed E-state index contributed by atoms with van der Waals surface area (Å²) in [5.41, 5.74) is 2.75. The minimum atomic E-state index is -0.111. The van der Waals surface area contributed by atoms with Crippen LogP contribution >= 0.6 is 0 Å². The maximum atomic E-state index is 12.3. The van der Waals surface area contributed by atoms with Gasteiger partial charge in [0.15, 0.2) is 0 Å². The molecule has 4 bridgehead atoms. The molecule has 0 radical (unpaired) electrons. The van der Waals surface area contributed by atoms with Gasteiger partial charge in [0.25, 0.3) is 0 Å². The number of nitrogens with two attached hydrogens (primary N) is 1. The van der Waals surface area contributed by atoms with Gasteiger partial charge in [-0.3, -0.25) is 11.3 Å². The van der Waals surface area contributed by atoms with Gasteiger partial charge < -0.3 is 9.64 Å². The van der Waals surface area contributed by atoms with Crippen LogP contribution in [0, 0.1) is 23.7 Å². The molecule has 0 aromatic carbocycles. The molecular formula is C15H25N3O2. The van der Waals surface area contributed by atoms with Crippen LogP contribution in [0.4, 0.5) is 4.79 Å². The zero-order valence-corrected chi connectivity index (χ0v) is 12.0. The molecule has 1 aliphatic heterocycles. The van der Waals surface area contributed by atoms with Gasteiger partial charge in [-0.25, -0.2) is 4.79 Å². The summed E-state index contributed by atoms with van der Waals surface area (Å²) in [5, 5.41) is 0. The van der Waals surface area contributed by atoms with Gasteiger partial charge in [-0.2, -0.15) is 0 Å². The van der Waals surface area contributed by atoms with Crippen molar-refractivity contribution in [3.05, 3.63) is 0 Å². The number of amides is 1. The summed E-state index contributed by atoms with van der Waals surface area (Å²) in [7, 11) is 0. The maximum Gasteiger partial charge on any atom is 0.410 e. The van der Waals surface area contributed by atoms with Crippen LogP contribution in [0.1, 0.15) is 38.5 Å². The van der Waals surface area contributed by atoms with Gasteiger partial charge >= 0.3 is 6.09 Å². The van der Waals surface area contributed by atoms with Crippen LogP contribution in [-0.2, 0) is 4.74 Å². The monoisotopic (exact) mass is 279 g/mol. The first-order chi connectivity index (χ1) is 9.72. The number of ether oxygens (including phenoxy) is 1. The zero-order chi connectivity index (χ0) is 13.7. The third kappa shape index (κ3) is 2.11. The van der Waals surface area contributed by atoms with E-state index in [4.69, 9.17) is 10.6 Å². The highest BCUT2D eigenvalue weighted by molar-refractivity contribution is 5.68. The second-order valence-corrected chi connectivity index (χ2v) is 7.38. The van der Waals surface area contributed by atoms with E-state index in [0.29, 0.717) is 18.4 Å². The minimum Gasteiger partial charge on any atom is -0.446 e. The molecule has 0 unspecified atom stereocenters. The lowest BCUT2D eigenvalue weighted by Crippen LogP contribution is -2.51. The first-order valence-corrected chi connectivity index (χ1v) is 8.14. The number of likely N-dealkylation sites (tertiary alicyclic amines) is 1. The van der Waals surface area contributed by atoms with E-state index in [-0.39, 0.29) is 18.2 Å². The molecule has 0 spiro atoms. The number of carbonyl (C=O) groups is 1. The normalized spacial score (nSPS) is 46.0. The van der Waals surface area contributed by atoms with Crippen molar-refractivity contribution in [2.75, 3.05) is 13.1 Å². The molecule has 4 aliphatic carbocycles. The number of hydrazine groups is 1. The highest BCUT2D eigenvalue weighted by atomic mass is 16.6. The first kappa shape index (κ1) is 12.9. The summed E-state index contributed by atoms with van der Waals surface area (Å²) in [6.45, 7) is 1.45. The van der Waals surface area contributed by atoms with E-state index in [2.05, 4.69) is 5.43 Å². The molecule has 5 heteroatoms. The average Bonchev–Trinajstić information content (AvgIpc) is 2.91. The van der Waals surface area contributed by atoms with Gasteiger partial charge in [0.1, 0.15) is 6.10 Å². The summed E-state index contributed by atoms with van der Waals surface area (Å²) in [4.78, 5) is 14.1. The predicted octanol–water partition coefficient (Wildman–Crippen LogP) is 1.49. The Labute approximate surface area is 120 Å². The molecule has 20 heavy (non-hydrogen) atoms. The highest BCUT2D eigenvalue weighted by Crippen LogP contribution is 2.54. The highest BCUT2D eigenvalue weighted by Gasteiger charge is 2.50. The molecule has 0 aromatic heterocycles. The van der Waals surface area contributed by atoms with Gasteiger partial charge in [0.2, 0.25) is 0 Å². The third-order valence-electron chi connectivity index (χ3n) is 6.06. The van der Waals surface area contributed by atoms with Crippen molar-refractivity contribution < 1.29 is 9.53 Å². The van der Waals surface area contributed by atoms with Crippen LogP contribution in [0.5, 0.6) is 0 Å². The van der Waals surface area contributed by atoms with E-state index in [9.17, 15) is 4.79 Å². The predicted molar refractivity (Wildman–Crippen MR) is 74.6 cm³/mol. The molecule has 112 valence electrons. The van der Waals surface area contributed by atoms with E-state index in [1.165, 1.54) is 32.1 Å². The van der Waals surface area contributed by atoms with Gasteiger partial charge in [-0.05, 0) is 62.2 Å². The Morgan fingerprint density at radius 2 is 1.75 bits per heavy atom. The third-order valence-corrected chi connectivity index (χ3v) is 6.06. The number of hydrogen-bond donors (Lipinski definition) is 2. The Kier molecular flexibility index (Phi) is 3.15. The Morgan fingerprint density at radius 1 is 1.10 bits per heavy atom. The smallest absolute Gasteiger partial charge is 0.410 e. The van der Waals surface area contributed by atoms with Crippen LogP contribution in [0.2, 0.25) is 0 Å². The van der Waals surface area contributed by atoms with Gasteiger partial charge in [0.05, 0.1) is 0 Å². The van der Waals surface area contributed by atoms with Gasteiger partial charge in [-0.15, -0.1) is 0 Å². The van der Waals surface area contributed by atoms with Crippen LogP contribution in [0.25, 0.3) is 0 Å². The van der Waals surface area contributed by atoms with Crippen LogP contribution in [0.3, 0.4) is 0 Å². The van der Waals surface area contributed by atoms with E-state index in [1.54, 1.807) is 0 Å². The molecule has 5 aliphatic rings. The fraction of sp³-hybridized carbons (Fsp3) is 0.933. The van der Waals surface area contributed by atoms with E-state index in [0.717, 1.165) is 24.8 Å². The van der Waals surface area contributed by atoms with Crippen molar-refractivity contribution in [2.24, 2.45) is 29.5 Å². The fourth-order valence-corrected chi connectivity index (χ4v) is 5.32. The summed E-state index contributed by atoms with van der Waals surface area (Å²) in [6.07, 6.45) is 7.60. The van der Waals surface area contributed by atoms with Crippen LogP contribution in [-0.4, -0.2) is 36.2 Å². The van der Waals surface area contributed by atoms with Crippen LogP contribution < -0.4 is 11.3 Å². The molecule has 5 rings (SSSR count). The standard InChI is InChI=1S/C15H25N3O2/c16-17-13-1-2-18(8-13)15(19)20-14-11-4-9-3-10(6-11)7-12(14)5-9/h9-14,17H,1-8,16H2/t9?,10?,11?,12?,13-,14?/m1/s1. The molecular weight excluding hydrogens is 254 g/mol. The van der Waals surface area contributed by atoms with E-state index >= 15 is 0 Å². The number of carbonyl (C=O) groups excluding carboxylic acids is 1. The SMILES string of the molecule is NN[C@@H]1CCN(C(=O)OC2C3CC4CC(C3)CC2C4)C1. The summed E-state index contributed by atoms with van der Waals surface area (Å²) >= 11 is 0. The van der Waals surface area contributed by atoms with Crippen molar-refractivity contribution in [3.8, 4) is 0 Å². The topological polar surface area (TPSA) is 67.6 Å².